The Morgan fingerprint density at radius 3 is 2.24 bits per heavy atom. The van der Waals surface area contributed by atoms with Gasteiger partial charge in [-0.2, -0.15) is 5.10 Å². The van der Waals surface area contributed by atoms with Crippen molar-refractivity contribution >= 4 is 61.2 Å². The molecule has 1 amide bonds. The molecule has 5 rings (SSSR count). The Hall–Kier alpha value is -2.21. The Morgan fingerprint density at radius 1 is 0.939 bits per heavy atom. The normalized spacial score (nSPS) is 21.1. The fourth-order valence-electron chi connectivity index (χ4n) is 4.65. The van der Waals surface area contributed by atoms with Crippen LogP contribution in [0.5, 0.6) is 0 Å². The van der Waals surface area contributed by atoms with Crippen molar-refractivity contribution < 1.29 is 4.79 Å². The minimum Gasteiger partial charge on any atom is -0.267 e. The molecule has 0 N–H and O–H groups in total. The third-order valence-electron chi connectivity index (χ3n) is 6.22. The van der Waals surface area contributed by atoms with Crippen LogP contribution >= 0.6 is 43.5 Å². The second-order valence-corrected chi connectivity index (χ2v) is 10.6. The van der Waals surface area contributed by atoms with Crippen LogP contribution in [0.25, 0.3) is 6.08 Å². The average molecular weight is 585 g/mol. The predicted octanol–water partition coefficient (Wildman–Crippen LogP) is 8.30. The van der Waals surface area contributed by atoms with Crippen LogP contribution in [0, 0.1) is 5.92 Å². The summed E-state index contributed by atoms with van der Waals surface area (Å²) in [4.78, 5) is 13.6. The van der Waals surface area contributed by atoms with E-state index in [9.17, 15) is 4.79 Å². The summed E-state index contributed by atoms with van der Waals surface area (Å²) in [7, 11) is 0. The molecule has 0 spiro atoms. The molecular formula is C27H21Br2ClN2O. The van der Waals surface area contributed by atoms with Crippen molar-refractivity contribution in [2.75, 3.05) is 0 Å². The Kier molecular flexibility index (Phi) is 6.55. The molecular weight excluding hydrogens is 564 g/mol. The van der Waals surface area contributed by atoms with Gasteiger partial charge in [-0.3, -0.25) is 4.79 Å². The van der Waals surface area contributed by atoms with Gasteiger partial charge in [-0.05, 0) is 90.6 Å². The molecule has 1 aliphatic carbocycles. The third-order valence-corrected chi connectivity index (χ3v) is 7.53. The number of carbonyl (C=O) groups is 1. The fraction of sp³-hybridized carbons (Fsp3) is 0.185. The molecule has 0 bridgehead atoms. The summed E-state index contributed by atoms with van der Waals surface area (Å²) in [5.41, 5.74) is 5.05. The molecule has 3 nitrogen and oxygen atoms in total. The average Bonchev–Trinajstić information content (AvgIpc) is 3.22. The number of hydrazone groups is 1. The van der Waals surface area contributed by atoms with Gasteiger partial charge in [0.25, 0.3) is 5.91 Å². The first-order valence-corrected chi connectivity index (χ1v) is 12.9. The number of carbonyl (C=O) groups excluding carboxylic acids is 1. The van der Waals surface area contributed by atoms with Crippen LogP contribution < -0.4 is 0 Å². The zero-order chi connectivity index (χ0) is 22.9. The minimum atomic E-state index is -0.134. The predicted molar refractivity (Wildman–Crippen MR) is 141 cm³/mol. The van der Waals surface area contributed by atoms with Gasteiger partial charge in [-0.15, -0.1) is 0 Å². The number of amides is 1. The molecule has 166 valence electrons. The SMILES string of the molecule is O=C(c1ccc(Cl)cc1)N1N=C2C(=Cc3ccc(Br)cc3)CCCC2C1c1ccc(Br)cc1. The molecule has 3 aromatic carbocycles. The van der Waals surface area contributed by atoms with Crippen LogP contribution in [0.2, 0.25) is 5.02 Å². The van der Waals surface area contributed by atoms with E-state index in [2.05, 4.69) is 62.2 Å². The quantitative estimate of drug-likeness (QED) is 0.305. The number of halogens is 3. The zero-order valence-corrected chi connectivity index (χ0v) is 21.6. The lowest BCUT2D eigenvalue weighted by Crippen LogP contribution is -2.31. The monoisotopic (exact) mass is 582 g/mol. The van der Waals surface area contributed by atoms with Gasteiger partial charge in [0.2, 0.25) is 0 Å². The lowest BCUT2D eigenvalue weighted by atomic mass is 9.77. The minimum absolute atomic E-state index is 0.107. The first-order valence-electron chi connectivity index (χ1n) is 10.9. The highest BCUT2D eigenvalue weighted by atomic mass is 79.9. The van der Waals surface area contributed by atoms with Gasteiger partial charge in [0.05, 0.1) is 11.8 Å². The molecule has 2 aliphatic rings. The molecule has 2 atom stereocenters. The van der Waals surface area contributed by atoms with Crippen molar-refractivity contribution in [1.82, 2.24) is 5.01 Å². The van der Waals surface area contributed by atoms with Crippen LogP contribution in [0.1, 0.15) is 46.8 Å². The zero-order valence-electron chi connectivity index (χ0n) is 17.7. The van der Waals surface area contributed by atoms with Gasteiger partial charge >= 0.3 is 0 Å². The third kappa shape index (κ3) is 4.72. The Labute approximate surface area is 215 Å². The topological polar surface area (TPSA) is 32.7 Å². The summed E-state index contributed by atoms with van der Waals surface area (Å²) in [6.45, 7) is 0. The number of benzene rings is 3. The molecule has 1 aliphatic heterocycles. The van der Waals surface area contributed by atoms with Crippen LogP contribution in [0.15, 0.2) is 92.4 Å². The number of hydrogen-bond acceptors (Lipinski definition) is 2. The summed E-state index contributed by atoms with van der Waals surface area (Å²) < 4.78 is 2.07. The maximum Gasteiger partial charge on any atom is 0.274 e. The summed E-state index contributed by atoms with van der Waals surface area (Å²) in [6, 6.07) is 23.4. The smallest absolute Gasteiger partial charge is 0.267 e. The van der Waals surface area contributed by atoms with Crippen molar-refractivity contribution in [2.24, 2.45) is 11.0 Å². The van der Waals surface area contributed by atoms with E-state index < -0.39 is 0 Å². The molecule has 1 saturated carbocycles. The first kappa shape index (κ1) is 22.6. The summed E-state index contributed by atoms with van der Waals surface area (Å²) >= 11 is 13.1. The molecule has 0 aromatic heterocycles. The van der Waals surface area contributed by atoms with Crippen molar-refractivity contribution in [3.8, 4) is 0 Å². The highest BCUT2D eigenvalue weighted by Gasteiger charge is 2.43. The van der Waals surface area contributed by atoms with Crippen molar-refractivity contribution in [3.05, 3.63) is 109 Å². The van der Waals surface area contributed by atoms with Gasteiger partial charge in [0.15, 0.2) is 0 Å². The molecule has 1 heterocycles. The first-order chi connectivity index (χ1) is 16.0. The summed E-state index contributed by atoms with van der Waals surface area (Å²) in [5.74, 6) is 0.0577. The maximum atomic E-state index is 13.6. The number of allylic oxidation sites excluding steroid dienone is 1. The van der Waals surface area contributed by atoms with E-state index in [4.69, 9.17) is 16.7 Å². The fourth-order valence-corrected chi connectivity index (χ4v) is 5.30. The van der Waals surface area contributed by atoms with E-state index >= 15 is 0 Å². The molecule has 6 heteroatoms. The van der Waals surface area contributed by atoms with Gasteiger partial charge in [0.1, 0.15) is 0 Å². The summed E-state index contributed by atoms with van der Waals surface area (Å²) in [6.07, 6.45) is 5.25. The number of fused-ring (bicyclic) bond motifs is 1. The Morgan fingerprint density at radius 2 is 1.58 bits per heavy atom. The van der Waals surface area contributed by atoms with Crippen molar-refractivity contribution in [3.63, 3.8) is 0 Å². The van der Waals surface area contributed by atoms with Gasteiger partial charge < -0.3 is 0 Å². The summed E-state index contributed by atoms with van der Waals surface area (Å²) in [5, 5.41) is 7.26. The molecule has 3 aromatic rings. The Balaban J connectivity index is 1.57. The largest absolute Gasteiger partial charge is 0.274 e. The van der Waals surface area contributed by atoms with Crippen LogP contribution in [0.3, 0.4) is 0 Å². The molecule has 0 radical (unpaired) electrons. The van der Waals surface area contributed by atoms with E-state index in [-0.39, 0.29) is 17.9 Å². The standard InChI is InChI=1S/C27H21Br2ClN2O/c28-21-10-4-17(5-11-21)16-20-2-1-3-24-25(20)31-32(26(24)18-6-12-22(29)13-7-18)27(33)19-8-14-23(30)15-9-19/h4-16,24,26H,1-3H2. The van der Waals surface area contributed by atoms with Crippen LogP contribution in [-0.4, -0.2) is 16.6 Å². The second-order valence-electron chi connectivity index (χ2n) is 8.36. The van der Waals surface area contributed by atoms with E-state index in [1.807, 2.05) is 24.3 Å². The second kappa shape index (κ2) is 9.57. The number of hydrogen-bond donors (Lipinski definition) is 0. The molecule has 2 unspecified atom stereocenters. The highest BCUT2D eigenvalue weighted by molar-refractivity contribution is 9.10. The lowest BCUT2D eigenvalue weighted by Gasteiger charge is -2.29. The van der Waals surface area contributed by atoms with E-state index in [1.165, 1.54) is 5.57 Å². The highest BCUT2D eigenvalue weighted by Crippen LogP contribution is 2.45. The van der Waals surface area contributed by atoms with Crippen molar-refractivity contribution in [2.45, 2.75) is 25.3 Å². The van der Waals surface area contributed by atoms with Crippen molar-refractivity contribution in [1.29, 1.82) is 0 Å². The molecule has 0 saturated heterocycles. The number of nitrogens with zero attached hydrogens (tertiary/aromatic N) is 2. The molecule has 33 heavy (non-hydrogen) atoms. The number of rotatable bonds is 3. The molecule has 1 fully saturated rings. The lowest BCUT2D eigenvalue weighted by molar-refractivity contribution is 0.0681. The van der Waals surface area contributed by atoms with Gasteiger partial charge in [0, 0.05) is 25.4 Å². The van der Waals surface area contributed by atoms with E-state index in [0.29, 0.717) is 10.6 Å². The Bertz CT molecular complexity index is 1230. The van der Waals surface area contributed by atoms with Crippen LogP contribution in [-0.2, 0) is 0 Å². The van der Waals surface area contributed by atoms with Crippen LogP contribution in [0.4, 0.5) is 0 Å². The van der Waals surface area contributed by atoms with E-state index in [0.717, 1.165) is 45.0 Å². The maximum absolute atomic E-state index is 13.6. The van der Waals surface area contributed by atoms with Gasteiger partial charge in [-0.1, -0.05) is 67.7 Å². The van der Waals surface area contributed by atoms with Gasteiger partial charge in [-0.25, -0.2) is 5.01 Å². The van der Waals surface area contributed by atoms with E-state index in [1.54, 1.807) is 29.3 Å².